The zero-order valence-corrected chi connectivity index (χ0v) is 17.0. The monoisotopic (exact) mass is 414 g/mol. The summed E-state index contributed by atoms with van der Waals surface area (Å²) in [6.07, 6.45) is -0.207. The van der Waals surface area contributed by atoms with E-state index in [9.17, 15) is 15.0 Å². The van der Waals surface area contributed by atoms with E-state index in [2.05, 4.69) is 0 Å². The van der Waals surface area contributed by atoms with Gasteiger partial charge < -0.3 is 33.9 Å². The first kappa shape index (κ1) is 20.9. The highest BCUT2D eigenvalue weighted by Crippen LogP contribution is 2.40. The SMILES string of the molecule is COc1cc(OC)cc(C2=COC(C(=O)O)C(c3cc(OC)cc(OC)c3)=C2O)c1. The fraction of sp³-hybridized carbons (Fsp3) is 0.227. The molecule has 0 fully saturated rings. The topological polar surface area (TPSA) is 104 Å². The highest BCUT2D eigenvalue weighted by Gasteiger charge is 2.34. The van der Waals surface area contributed by atoms with Crippen molar-refractivity contribution in [1.82, 2.24) is 0 Å². The number of ether oxygens (including phenoxy) is 5. The van der Waals surface area contributed by atoms with Crippen LogP contribution in [0.15, 0.2) is 48.4 Å². The number of benzene rings is 2. The van der Waals surface area contributed by atoms with Crippen LogP contribution in [0, 0.1) is 0 Å². The van der Waals surface area contributed by atoms with Crippen molar-refractivity contribution in [1.29, 1.82) is 0 Å². The minimum Gasteiger partial charge on any atom is -0.507 e. The van der Waals surface area contributed by atoms with Crippen LogP contribution in [0.5, 0.6) is 23.0 Å². The molecule has 2 aromatic rings. The zero-order valence-electron chi connectivity index (χ0n) is 17.0. The predicted molar refractivity (Wildman–Crippen MR) is 109 cm³/mol. The van der Waals surface area contributed by atoms with Gasteiger partial charge in [0.15, 0.2) is 0 Å². The summed E-state index contributed by atoms with van der Waals surface area (Å²) in [5.41, 5.74) is 1.26. The maximum atomic E-state index is 11.8. The number of aliphatic hydroxyl groups excluding tert-OH is 1. The largest absolute Gasteiger partial charge is 0.507 e. The van der Waals surface area contributed by atoms with E-state index in [0.717, 1.165) is 0 Å². The lowest BCUT2D eigenvalue weighted by Crippen LogP contribution is -2.27. The lowest BCUT2D eigenvalue weighted by molar-refractivity contribution is -0.143. The van der Waals surface area contributed by atoms with Crippen molar-refractivity contribution in [3.8, 4) is 23.0 Å². The number of carboxylic acid groups (broad SMARTS) is 1. The molecular formula is C22H22O8. The number of hydrogen-bond acceptors (Lipinski definition) is 7. The summed E-state index contributed by atoms with van der Waals surface area (Å²) in [5.74, 6) is 0.378. The number of carboxylic acids is 1. The maximum absolute atomic E-state index is 11.8. The van der Waals surface area contributed by atoms with E-state index in [-0.39, 0.29) is 16.9 Å². The summed E-state index contributed by atoms with van der Waals surface area (Å²) in [6.45, 7) is 0. The van der Waals surface area contributed by atoms with Gasteiger partial charge in [0.1, 0.15) is 28.8 Å². The third-order valence-electron chi connectivity index (χ3n) is 4.64. The van der Waals surface area contributed by atoms with E-state index in [4.69, 9.17) is 23.7 Å². The van der Waals surface area contributed by atoms with Gasteiger partial charge in [-0.2, -0.15) is 0 Å². The van der Waals surface area contributed by atoms with E-state index >= 15 is 0 Å². The molecule has 1 heterocycles. The summed E-state index contributed by atoms with van der Waals surface area (Å²) in [5, 5.41) is 20.8. The summed E-state index contributed by atoms with van der Waals surface area (Å²) in [4.78, 5) is 11.8. The Morgan fingerprint density at radius 3 is 1.63 bits per heavy atom. The van der Waals surface area contributed by atoms with Gasteiger partial charge in [-0.3, -0.25) is 0 Å². The van der Waals surface area contributed by atoms with Crippen molar-refractivity contribution in [3.05, 3.63) is 59.5 Å². The average molecular weight is 414 g/mol. The second kappa shape index (κ2) is 8.69. The Morgan fingerprint density at radius 1 is 0.800 bits per heavy atom. The van der Waals surface area contributed by atoms with Gasteiger partial charge in [0.05, 0.1) is 45.8 Å². The third kappa shape index (κ3) is 3.98. The van der Waals surface area contributed by atoms with Crippen LogP contribution in [0.4, 0.5) is 0 Å². The molecule has 1 atom stereocenters. The zero-order chi connectivity index (χ0) is 21.8. The minimum atomic E-state index is -1.42. The molecule has 0 amide bonds. The van der Waals surface area contributed by atoms with Crippen LogP contribution in [0.25, 0.3) is 11.1 Å². The molecule has 30 heavy (non-hydrogen) atoms. The van der Waals surface area contributed by atoms with Gasteiger partial charge >= 0.3 is 5.97 Å². The van der Waals surface area contributed by atoms with Crippen molar-refractivity contribution >= 4 is 17.1 Å². The Balaban J connectivity index is 2.21. The van der Waals surface area contributed by atoms with Crippen molar-refractivity contribution in [2.75, 3.05) is 28.4 Å². The van der Waals surface area contributed by atoms with Crippen LogP contribution < -0.4 is 18.9 Å². The van der Waals surface area contributed by atoms with Crippen molar-refractivity contribution in [3.63, 3.8) is 0 Å². The van der Waals surface area contributed by atoms with Crippen LogP contribution in [0.3, 0.4) is 0 Å². The first-order valence-electron chi connectivity index (χ1n) is 8.90. The lowest BCUT2D eigenvalue weighted by Gasteiger charge is -2.25. The maximum Gasteiger partial charge on any atom is 0.349 e. The number of hydrogen-bond donors (Lipinski definition) is 2. The summed E-state index contributed by atoms with van der Waals surface area (Å²) >= 11 is 0. The third-order valence-corrected chi connectivity index (χ3v) is 4.64. The summed E-state index contributed by atoms with van der Waals surface area (Å²) in [7, 11) is 5.97. The lowest BCUT2D eigenvalue weighted by atomic mass is 9.91. The Hall–Kier alpha value is -3.81. The smallest absolute Gasteiger partial charge is 0.349 e. The first-order chi connectivity index (χ1) is 14.4. The van der Waals surface area contributed by atoms with Crippen molar-refractivity contribution in [2.24, 2.45) is 0 Å². The molecule has 1 aliphatic rings. The van der Waals surface area contributed by atoms with Gasteiger partial charge in [-0.25, -0.2) is 4.79 Å². The highest BCUT2D eigenvalue weighted by atomic mass is 16.5. The Bertz CT molecular complexity index is 977. The molecule has 1 aliphatic heterocycles. The van der Waals surface area contributed by atoms with Crippen LogP contribution in [0.2, 0.25) is 0 Å². The fourth-order valence-electron chi connectivity index (χ4n) is 3.13. The van der Waals surface area contributed by atoms with Crippen LogP contribution in [-0.2, 0) is 9.53 Å². The van der Waals surface area contributed by atoms with Crippen molar-refractivity contribution in [2.45, 2.75) is 6.10 Å². The molecule has 0 spiro atoms. The molecule has 2 N–H and O–H groups in total. The number of carbonyl (C=O) groups is 1. The van der Waals surface area contributed by atoms with E-state index in [1.54, 1.807) is 36.4 Å². The van der Waals surface area contributed by atoms with Gasteiger partial charge in [0.2, 0.25) is 6.10 Å². The highest BCUT2D eigenvalue weighted by molar-refractivity contribution is 5.98. The van der Waals surface area contributed by atoms with Gasteiger partial charge in [-0.1, -0.05) is 0 Å². The van der Waals surface area contributed by atoms with Crippen LogP contribution in [0.1, 0.15) is 11.1 Å². The van der Waals surface area contributed by atoms with E-state index in [1.807, 2.05) is 0 Å². The fourth-order valence-corrected chi connectivity index (χ4v) is 3.13. The molecular weight excluding hydrogens is 392 g/mol. The molecule has 158 valence electrons. The Kier molecular flexibility index (Phi) is 6.06. The number of aliphatic hydroxyl groups is 1. The second-order valence-corrected chi connectivity index (χ2v) is 6.35. The average Bonchev–Trinajstić information content (AvgIpc) is 2.77. The molecule has 1 unspecified atom stereocenters. The van der Waals surface area contributed by atoms with Gasteiger partial charge in [-0.05, 0) is 35.4 Å². The second-order valence-electron chi connectivity index (χ2n) is 6.35. The normalized spacial score (nSPS) is 15.7. The minimum absolute atomic E-state index is 0.0685. The summed E-state index contributed by atoms with van der Waals surface area (Å²) < 4.78 is 26.6. The van der Waals surface area contributed by atoms with Crippen LogP contribution >= 0.6 is 0 Å². The molecule has 0 saturated heterocycles. The van der Waals surface area contributed by atoms with E-state index < -0.39 is 12.1 Å². The Labute approximate surface area is 173 Å². The van der Waals surface area contributed by atoms with E-state index in [0.29, 0.717) is 34.1 Å². The molecule has 2 aromatic carbocycles. The van der Waals surface area contributed by atoms with Gasteiger partial charge in [0, 0.05) is 12.1 Å². The molecule has 8 heteroatoms. The molecule has 0 radical (unpaired) electrons. The van der Waals surface area contributed by atoms with Gasteiger partial charge in [0.25, 0.3) is 0 Å². The van der Waals surface area contributed by atoms with Crippen LogP contribution in [-0.4, -0.2) is 50.7 Å². The predicted octanol–water partition coefficient (Wildman–Crippen LogP) is 3.51. The first-order valence-corrected chi connectivity index (χ1v) is 8.90. The number of methoxy groups -OCH3 is 4. The molecule has 0 aromatic heterocycles. The van der Waals surface area contributed by atoms with Crippen molar-refractivity contribution < 1.29 is 38.7 Å². The number of allylic oxidation sites excluding steroid dienone is 1. The number of aliphatic carboxylic acids is 1. The number of rotatable bonds is 7. The molecule has 0 aliphatic carbocycles. The van der Waals surface area contributed by atoms with E-state index in [1.165, 1.54) is 34.7 Å². The standard InChI is InChI=1S/C22H22O8/c1-26-14-5-12(6-15(9-14)27-2)18-11-30-21(22(24)25)19(20(18)23)13-7-16(28-3)10-17(8-13)29-4/h5-11,21,23H,1-4H3,(H,24,25). The molecule has 8 nitrogen and oxygen atoms in total. The quantitative estimate of drug-likeness (QED) is 0.709. The summed E-state index contributed by atoms with van der Waals surface area (Å²) in [6, 6.07) is 9.88. The molecule has 0 bridgehead atoms. The van der Waals surface area contributed by atoms with Gasteiger partial charge in [-0.15, -0.1) is 0 Å². The molecule has 0 saturated carbocycles. The Morgan fingerprint density at radius 2 is 1.23 bits per heavy atom. The molecule has 3 rings (SSSR count).